The Hall–Kier alpha value is -1.61. The van der Waals surface area contributed by atoms with Gasteiger partial charge in [-0.25, -0.2) is 4.98 Å². The largest absolute Gasteiger partial charge is 0.349 e. The molecule has 0 aliphatic carbocycles. The average molecular weight is 231 g/mol. The summed E-state index contributed by atoms with van der Waals surface area (Å²) in [6, 6.07) is 4.09. The number of nitrogens with zero attached hydrogens (tertiary/aromatic N) is 2. The molecule has 2 N–H and O–H groups in total. The summed E-state index contributed by atoms with van der Waals surface area (Å²) in [7, 11) is 0. The van der Waals surface area contributed by atoms with E-state index in [1.54, 1.807) is 0 Å². The third kappa shape index (κ3) is 3.71. The molecule has 1 aromatic heterocycles. The van der Waals surface area contributed by atoms with Gasteiger partial charge < -0.3 is 10.6 Å². The van der Waals surface area contributed by atoms with Gasteiger partial charge in [-0.1, -0.05) is 19.1 Å². The van der Waals surface area contributed by atoms with Crippen LogP contribution in [0, 0.1) is 0 Å². The topological polar surface area (TPSA) is 42.1 Å². The van der Waals surface area contributed by atoms with Crippen molar-refractivity contribution in [1.29, 1.82) is 0 Å². The SMILES string of the molecule is C=CCN(CC=C)c1cc(CN)cc(CC)n1. The van der Waals surface area contributed by atoms with E-state index in [1.807, 2.05) is 18.2 Å². The first-order chi connectivity index (χ1) is 8.24. The number of nitrogens with two attached hydrogens (primary N) is 1. The van der Waals surface area contributed by atoms with E-state index in [-0.39, 0.29) is 0 Å². The molecule has 0 amide bonds. The average Bonchev–Trinajstić information content (AvgIpc) is 2.37. The molecule has 0 aliphatic rings. The molecule has 1 heterocycles. The maximum atomic E-state index is 5.70. The lowest BCUT2D eigenvalue weighted by atomic mass is 10.2. The summed E-state index contributed by atoms with van der Waals surface area (Å²) in [5.74, 6) is 0.949. The standard InChI is InChI=1S/C14H21N3/c1-4-7-17(8-5-2)14-10-12(11-15)9-13(6-3)16-14/h4-5,9-10H,1-2,6-8,11,15H2,3H3. The van der Waals surface area contributed by atoms with Crippen LogP contribution in [0.3, 0.4) is 0 Å². The monoisotopic (exact) mass is 231 g/mol. The third-order valence-electron chi connectivity index (χ3n) is 2.55. The Morgan fingerprint density at radius 2 is 1.94 bits per heavy atom. The van der Waals surface area contributed by atoms with Crippen molar-refractivity contribution in [2.75, 3.05) is 18.0 Å². The molecular formula is C14H21N3. The van der Waals surface area contributed by atoms with Crippen LogP contribution in [0.1, 0.15) is 18.2 Å². The van der Waals surface area contributed by atoms with Crippen molar-refractivity contribution in [2.24, 2.45) is 5.73 Å². The van der Waals surface area contributed by atoms with E-state index < -0.39 is 0 Å². The minimum absolute atomic E-state index is 0.540. The van der Waals surface area contributed by atoms with E-state index in [4.69, 9.17) is 5.73 Å². The van der Waals surface area contributed by atoms with E-state index in [2.05, 4.69) is 36.0 Å². The second kappa shape index (κ2) is 6.86. The van der Waals surface area contributed by atoms with Gasteiger partial charge in [-0.15, -0.1) is 13.2 Å². The summed E-state index contributed by atoms with van der Waals surface area (Å²) in [6.45, 7) is 11.7. The van der Waals surface area contributed by atoms with Crippen LogP contribution in [-0.2, 0) is 13.0 Å². The van der Waals surface area contributed by atoms with Crippen LogP contribution in [-0.4, -0.2) is 18.1 Å². The summed E-state index contributed by atoms with van der Waals surface area (Å²) in [6.07, 6.45) is 4.65. The van der Waals surface area contributed by atoms with Gasteiger partial charge in [-0.05, 0) is 24.1 Å². The van der Waals surface area contributed by atoms with E-state index in [1.165, 1.54) is 0 Å². The number of anilines is 1. The van der Waals surface area contributed by atoms with Crippen molar-refractivity contribution in [3.05, 3.63) is 48.7 Å². The van der Waals surface area contributed by atoms with Gasteiger partial charge in [-0.3, -0.25) is 0 Å². The molecule has 3 heteroatoms. The molecule has 0 saturated heterocycles. The van der Waals surface area contributed by atoms with Gasteiger partial charge in [-0.2, -0.15) is 0 Å². The van der Waals surface area contributed by atoms with Gasteiger partial charge in [0.05, 0.1) is 0 Å². The van der Waals surface area contributed by atoms with Crippen LogP contribution < -0.4 is 10.6 Å². The first-order valence-corrected chi connectivity index (χ1v) is 5.91. The highest BCUT2D eigenvalue weighted by Gasteiger charge is 2.07. The first kappa shape index (κ1) is 13.5. The molecular weight excluding hydrogens is 210 g/mol. The minimum Gasteiger partial charge on any atom is -0.349 e. The van der Waals surface area contributed by atoms with Crippen molar-refractivity contribution >= 4 is 5.82 Å². The summed E-state index contributed by atoms with van der Waals surface area (Å²) in [5, 5.41) is 0. The molecule has 0 bridgehead atoms. The number of pyridine rings is 1. The Labute approximate surface area is 104 Å². The van der Waals surface area contributed by atoms with Crippen molar-refractivity contribution < 1.29 is 0 Å². The molecule has 0 aliphatic heterocycles. The van der Waals surface area contributed by atoms with Crippen molar-refractivity contribution in [3.8, 4) is 0 Å². The molecule has 17 heavy (non-hydrogen) atoms. The first-order valence-electron chi connectivity index (χ1n) is 5.91. The third-order valence-corrected chi connectivity index (χ3v) is 2.55. The van der Waals surface area contributed by atoms with Gasteiger partial charge in [0.2, 0.25) is 0 Å². The van der Waals surface area contributed by atoms with E-state index in [0.29, 0.717) is 6.54 Å². The second-order valence-electron chi connectivity index (χ2n) is 3.86. The summed E-state index contributed by atoms with van der Waals surface area (Å²) in [4.78, 5) is 6.74. The number of aryl methyl sites for hydroxylation is 1. The zero-order chi connectivity index (χ0) is 12.7. The van der Waals surface area contributed by atoms with E-state index >= 15 is 0 Å². The van der Waals surface area contributed by atoms with Crippen LogP contribution in [0.5, 0.6) is 0 Å². The molecule has 0 saturated carbocycles. The lowest BCUT2D eigenvalue weighted by Crippen LogP contribution is -2.24. The molecule has 0 atom stereocenters. The van der Waals surface area contributed by atoms with Crippen LogP contribution in [0.2, 0.25) is 0 Å². The fourth-order valence-electron chi connectivity index (χ4n) is 1.67. The predicted octanol–water partition coefficient (Wildman–Crippen LogP) is 2.28. The van der Waals surface area contributed by atoms with Crippen molar-refractivity contribution in [1.82, 2.24) is 4.98 Å². The zero-order valence-corrected chi connectivity index (χ0v) is 10.5. The highest BCUT2D eigenvalue weighted by Crippen LogP contribution is 2.15. The Morgan fingerprint density at radius 1 is 1.29 bits per heavy atom. The summed E-state index contributed by atoms with van der Waals surface area (Å²) < 4.78 is 0. The highest BCUT2D eigenvalue weighted by atomic mass is 15.2. The maximum absolute atomic E-state index is 5.70. The van der Waals surface area contributed by atoms with E-state index in [0.717, 1.165) is 36.6 Å². The lowest BCUT2D eigenvalue weighted by Gasteiger charge is -2.21. The molecule has 0 fully saturated rings. The van der Waals surface area contributed by atoms with Gasteiger partial charge in [0.1, 0.15) is 5.82 Å². The predicted molar refractivity (Wildman–Crippen MR) is 74.1 cm³/mol. The van der Waals surface area contributed by atoms with E-state index in [9.17, 15) is 0 Å². The molecule has 0 aromatic carbocycles. The smallest absolute Gasteiger partial charge is 0.129 e. The van der Waals surface area contributed by atoms with Crippen LogP contribution in [0.15, 0.2) is 37.4 Å². The molecule has 0 radical (unpaired) electrons. The zero-order valence-electron chi connectivity index (χ0n) is 10.5. The lowest BCUT2D eigenvalue weighted by molar-refractivity contribution is 0.894. The number of rotatable bonds is 7. The Balaban J connectivity index is 3.06. The fraction of sp³-hybridized carbons (Fsp3) is 0.357. The van der Waals surface area contributed by atoms with Crippen LogP contribution in [0.25, 0.3) is 0 Å². The Bertz CT molecular complexity index is 353. The second-order valence-corrected chi connectivity index (χ2v) is 3.86. The number of hydrogen-bond acceptors (Lipinski definition) is 3. The molecule has 92 valence electrons. The molecule has 1 rings (SSSR count). The Morgan fingerprint density at radius 3 is 2.41 bits per heavy atom. The molecule has 0 unspecified atom stereocenters. The summed E-state index contributed by atoms with van der Waals surface area (Å²) in [5.41, 5.74) is 7.89. The van der Waals surface area contributed by atoms with Crippen molar-refractivity contribution in [3.63, 3.8) is 0 Å². The summed E-state index contributed by atoms with van der Waals surface area (Å²) >= 11 is 0. The van der Waals surface area contributed by atoms with Crippen LogP contribution in [0.4, 0.5) is 5.82 Å². The van der Waals surface area contributed by atoms with Gasteiger partial charge in [0.25, 0.3) is 0 Å². The number of hydrogen-bond donors (Lipinski definition) is 1. The van der Waals surface area contributed by atoms with Gasteiger partial charge in [0.15, 0.2) is 0 Å². The quantitative estimate of drug-likeness (QED) is 0.732. The Kier molecular flexibility index (Phi) is 5.43. The van der Waals surface area contributed by atoms with Gasteiger partial charge >= 0.3 is 0 Å². The fourth-order valence-corrected chi connectivity index (χ4v) is 1.67. The molecule has 3 nitrogen and oxygen atoms in total. The number of aromatic nitrogens is 1. The molecule has 0 spiro atoms. The normalized spacial score (nSPS) is 10.0. The van der Waals surface area contributed by atoms with Crippen molar-refractivity contribution in [2.45, 2.75) is 19.9 Å². The molecule has 1 aromatic rings. The highest BCUT2D eigenvalue weighted by molar-refractivity contribution is 5.44. The minimum atomic E-state index is 0.540. The van der Waals surface area contributed by atoms with Crippen LogP contribution >= 0.6 is 0 Å². The van der Waals surface area contributed by atoms with Gasteiger partial charge in [0, 0.05) is 25.3 Å². The maximum Gasteiger partial charge on any atom is 0.129 e.